The number of rotatable bonds is 24. The summed E-state index contributed by atoms with van der Waals surface area (Å²) in [5, 5.41) is 25.1. The molecule has 0 radical (unpaired) electrons. The van der Waals surface area contributed by atoms with E-state index >= 15 is 0 Å². The first kappa shape index (κ1) is 102. The van der Waals surface area contributed by atoms with Gasteiger partial charge in [0.2, 0.25) is 0 Å². The third-order valence-corrected chi connectivity index (χ3v) is 33.9. The monoisotopic (exact) mass is 1940 g/mol. The molecule has 0 N–H and O–H groups in total. The third-order valence-electron chi connectivity index (χ3n) is 27.2. The van der Waals surface area contributed by atoms with E-state index in [4.69, 9.17) is 0 Å². The molecule has 32 heteroatoms. The van der Waals surface area contributed by atoms with Crippen LogP contribution < -0.4 is 0 Å². The fraction of sp³-hybridized carbons (Fsp3) is 0.490. The van der Waals surface area contributed by atoms with Crippen LogP contribution in [0.2, 0.25) is 0 Å². The van der Waals surface area contributed by atoms with E-state index in [1.165, 1.54) is 259 Å². The Morgan fingerprint density at radius 1 is 0.306 bits per heavy atom. The van der Waals surface area contributed by atoms with E-state index in [1.807, 2.05) is 104 Å². The van der Waals surface area contributed by atoms with Gasteiger partial charge < -0.3 is 4.57 Å². The Bertz CT molecular complexity index is 5890. The van der Waals surface area contributed by atoms with Crippen LogP contribution in [-0.2, 0) is 112 Å². The highest BCUT2D eigenvalue weighted by atomic mass is 32.2. The number of aromatic nitrogens is 14. The molecule has 26 nitrogen and oxygen atoms in total. The maximum atomic E-state index is 11.9. The molecular formula is C102H134N14O12S6. The highest BCUT2D eigenvalue weighted by Gasteiger charge is 2.27. The normalized spacial score (nSPS) is 16.7. The van der Waals surface area contributed by atoms with Gasteiger partial charge in [-0.2, -0.15) is 20.4 Å². The smallest absolute Gasteiger partial charge is 0.175 e. The molecule has 18 rings (SSSR count). The molecule has 6 aromatic carbocycles. The molecule has 720 valence electrons. The molecule has 0 bridgehead atoms. The molecule has 134 heavy (non-hydrogen) atoms. The van der Waals surface area contributed by atoms with Crippen molar-refractivity contribution in [2.24, 2.45) is 49.6 Å². The van der Waals surface area contributed by atoms with Crippen molar-refractivity contribution >= 4 is 59.0 Å². The second kappa shape index (κ2) is 46.8. The molecule has 6 fully saturated rings. The number of aryl methyl sites for hydroxylation is 2. The van der Waals surface area contributed by atoms with Gasteiger partial charge in [0.05, 0.1) is 82.7 Å². The van der Waals surface area contributed by atoms with Crippen LogP contribution in [0.15, 0.2) is 225 Å². The number of imidazole rings is 1. The molecule has 6 aliphatic carbocycles. The van der Waals surface area contributed by atoms with E-state index < -0.39 is 59.0 Å². The van der Waals surface area contributed by atoms with E-state index in [1.54, 1.807) is 128 Å². The first-order valence-corrected chi connectivity index (χ1v) is 59.0. The van der Waals surface area contributed by atoms with Gasteiger partial charge in [-0.1, -0.05) is 234 Å². The van der Waals surface area contributed by atoms with Crippen molar-refractivity contribution in [3.8, 4) is 45.1 Å². The molecule has 6 saturated carbocycles. The van der Waals surface area contributed by atoms with Crippen LogP contribution in [0, 0.1) is 35.5 Å². The maximum absolute atomic E-state index is 11.9. The Kier molecular flexibility index (Phi) is 35.5. The SMILES string of the molecule is CS(=O)(=O)c1ccc(CC2CCCCC2)c(-n2cccn2)c1.CS(=O)(=O)c1ccc(CC2CCCCC2)c(-n2ccnc2)c1.CS(=O)(=O)c1ccc(CC2CCCCC2)c(-n2ccnn2)c1.CS(=O)(=O)c1ccc(CC2CCCCC2)c(-n2cncn2)c1.Cn1cc(-c2cc(S(C)(=O)=O)ccc2CC2CCCCC2)cn1.Cn1ccc(-c2cc(S(C)(=O)=O)ccc2CC2CCCCC2)n1. The highest BCUT2D eigenvalue weighted by Crippen LogP contribution is 2.39. The maximum Gasteiger partial charge on any atom is 0.175 e. The molecule has 6 aromatic heterocycles. The van der Waals surface area contributed by atoms with Gasteiger partial charge in [-0.05, 0) is 198 Å². The van der Waals surface area contributed by atoms with E-state index in [2.05, 4.69) is 40.7 Å². The van der Waals surface area contributed by atoms with Gasteiger partial charge in [0, 0.05) is 99.9 Å². The Hall–Kier alpha value is -9.86. The van der Waals surface area contributed by atoms with E-state index in [9.17, 15) is 50.5 Å². The standard InChI is InChI=1S/2C18H24N2O2S.2C17H22N2O2S.2C16H21N3O2S/c1-20-13-16(12-19-20)18-11-17(23(2,21)22)9-8-15(18)10-14-6-4-3-5-7-14;1-20-11-10-18(19-20)17-13-16(23(2,21)22)9-8-15(17)12-14-6-4-3-5-7-14;1-22(20,21)16-9-8-15(12-14-6-3-2-4-7-14)17(13-16)19-11-5-10-18-19;1-22(20,21)16-8-7-15(11-14-5-3-2-4-6-14)17(12-16)19-10-9-18-13-19;1-22(20,21)15-8-7-14(9-13-5-3-2-4-6-13)16(10-15)19-12-17-11-18-19;1-22(20,21)15-8-7-14(11-13-5-3-2-4-6-13)16(12-15)19-10-9-17-18-19/h8-9,11-14H,3-7,10H2,1-2H3;8-11,13-14H,3-7,12H2,1-2H3;5,8-11,13-14H,2-4,6-7,12H2,1H3;7-10,12-14H,2-6,11H2,1H3;7-8,10-13H,2-6,9H2,1H3;7-10,12-13H,2-6,11H2,1H3. The lowest BCUT2D eigenvalue weighted by molar-refractivity contribution is 0.356. The largest absolute Gasteiger partial charge is 0.306 e. The summed E-state index contributed by atoms with van der Waals surface area (Å²) in [5.41, 5.74) is 14.4. The van der Waals surface area contributed by atoms with Crippen LogP contribution in [-0.4, -0.2) is 157 Å². The minimum Gasteiger partial charge on any atom is -0.306 e. The van der Waals surface area contributed by atoms with Gasteiger partial charge in [-0.25, -0.2) is 74.5 Å². The molecule has 12 aromatic rings. The van der Waals surface area contributed by atoms with Crippen LogP contribution in [0.4, 0.5) is 0 Å². The van der Waals surface area contributed by atoms with Crippen molar-refractivity contribution in [1.29, 1.82) is 0 Å². The van der Waals surface area contributed by atoms with Crippen molar-refractivity contribution in [1.82, 2.24) is 68.7 Å². The molecule has 6 heterocycles. The average Bonchev–Trinajstić information content (AvgIpc) is 1.59. The summed E-state index contributed by atoms with van der Waals surface area (Å²) in [7, 11) is -15.5. The van der Waals surface area contributed by atoms with Crippen LogP contribution >= 0.6 is 0 Å². The van der Waals surface area contributed by atoms with E-state index in [-0.39, 0.29) is 0 Å². The molecule has 0 unspecified atom stereocenters. The predicted octanol–water partition coefficient (Wildman–Crippen LogP) is 19.6. The molecule has 0 amide bonds. The number of hydrogen-bond acceptors (Lipinski definition) is 20. The second-order valence-electron chi connectivity index (χ2n) is 38.1. The van der Waals surface area contributed by atoms with Crippen LogP contribution in [0.25, 0.3) is 45.1 Å². The summed E-state index contributed by atoms with van der Waals surface area (Å²) in [6.45, 7) is 0. The molecule has 0 saturated heterocycles. The lowest BCUT2D eigenvalue weighted by atomic mass is 9.83. The lowest BCUT2D eigenvalue weighted by Gasteiger charge is -2.23. The molecular weight excluding hydrogens is 1810 g/mol. The van der Waals surface area contributed by atoms with Gasteiger partial charge in [-0.3, -0.25) is 9.36 Å². The van der Waals surface area contributed by atoms with Crippen molar-refractivity contribution < 1.29 is 50.5 Å². The minimum absolute atomic E-state index is 0.324. The first-order valence-electron chi connectivity index (χ1n) is 47.7. The Balaban J connectivity index is 0.000000136. The van der Waals surface area contributed by atoms with Crippen molar-refractivity contribution in [3.05, 3.63) is 229 Å². The van der Waals surface area contributed by atoms with Gasteiger partial charge >= 0.3 is 0 Å². The summed E-state index contributed by atoms with van der Waals surface area (Å²) in [6.07, 6.45) is 73.4. The number of nitrogens with zero attached hydrogens (tertiary/aromatic N) is 14. The van der Waals surface area contributed by atoms with Gasteiger partial charge in [0.15, 0.2) is 59.0 Å². The average molecular weight is 1940 g/mol. The quantitative estimate of drug-likeness (QED) is 0.0542. The summed E-state index contributed by atoms with van der Waals surface area (Å²) in [6, 6.07) is 36.5. The van der Waals surface area contributed by atoms with Gasteiger partial charge in [-0.15, -0.1) is 5.10 Å². The first-order chi connectivity index (χ1) is 64.0. The van der Waals surface area contributed by atoms with Crippen molar-refractivity contribution in [2.45, 2.75) is 261 Å². The number of sulfone groups is 6. The zero-order valence-corrected chi connectivity index (χ0v) is 83.9. The molecule has 6 aliphatic rings. The fourth-order valence-electron chi connectivity index (χ4n) is 19.9. The third kappa shape index (κ3) is 29.6. The van der Waals surface area contributed by atoms with E-state index in [0.717, 1.165) is 94.8 Å². The Labute approximate surface area is 794 Å². The summed E-state index contributed by atoms with van der Waals surface area (Å²) < 4.78 is 153. The Morgan fingerprint density at radius 3 is 0.978 bits per heavy atom. The zero-order chi connectivity index (χ0) is 95.2. The lowest BCUT2D eigenvalue weighted by Crippen LogP contribution is -2.12. The molecule has 0 spiro atoms. The van der Waals surface area contributed by atoms with Gasteiger partial charge in [0.1, 0.15) is 12.7 Å². The van der Waals surface area contributed by atoms with Crippen LogP contribution in [0.3, 0.4) is 0 Å². The van der Waals surface area contributed by atoms with Crippen molar-refractivity contribution in [3.63, 3.8) is 0 Å². The highest BCUT2D eigenvalue weighted by molar-refractivity contribution is 7.92. The molecule has 0 atom stereocenters. The van der Waals surface area contributed by atoms with Crippen LogP contribution in [0.1, 0.15) is 226 Å². The molecule has 0 aliphatic heterocycles. The van der Waals surface area contributed by atoms with Crippen LogP contribution in [0.5, 0.6) is 0 Å². The number of hydrogen-bond donors (Lipinski definition) is 0. The topological polar surface area (TPSA) is 338 Å². The minimum atomic E-state index is -3.23. The summed E-state index contributed by atoms with van der Waals surface area (Å²) in [5.74, 6) is 4.19. The van der Waals surface area contributed by atoms with E-state index in [0.29, 0.717) is 64.9 Å². The van der Waals surface area contributed by atoms with Gasteiger partial charge in [0.25, 0.3) is 0 Å². The van der Waals surface area contributed by atoms with Crippen molar-refractivity contribution in [2.75, 3.05) is 37.5 Å². The zero-order valence-electron chi connectivity index (χ0n) is 79.0. The fourth-order valence-corrected chi connectivity index (χ4v) is 23.8. The summed E-state index contributed by atoms with van der Waals surface area (Å²) >= 11 is 0. The Morgan fingerprint density at radius 2 is 0.657 bits per heavy atom. The predicted molar refractivity (Wildman–Crippen MR) is 527 cm³/mol. The summed E-state index contributed by atoms with van der Waals surface area (Å²) in [4.78, 5) is 10.2. The number of benzene rings is 6. The second-order valence-corrected chi connectivity index (χ2v) is 50.2.